The number of benzene rings is 1. The molecule has 8 nitrogen and oxygen atoms in total. The first kappa shape index (κ1) is 27.1. The molecular weight excluding hydrogens is 480 g/mol. The Morgan fingerprint density at radius 1 is 1.03 bits per heavy atom. The summed E-state index contributed by atoms with van der Waals surface area (Å²) in [6, 6.07) is 6.72. The molecule has 38 heavy (non-hydrogen) atoms. The number of rotatable bonds is 9. The number of carbonyl (C=O) groups excluding carboxylic acids is 3. The van der Waals surface area contributed by atoms with E-state index in [1.54, 1.807) is 4.90 Å². The molecule has 3 N–H and O–H groups in total. The van der Waals surface area contributed by atoms with Gasteiger partial charge in [0.25, 0.3) is 5.91 Å². The zero-order valence-electron chi connectivity index (χ0n) is 22.8. The topological polar surface area (TPSA) is 105 Å². The quantitative estimate of drug-likeness (QED) is 0.517. The molecule has 5 unspecified atom stereocenters. The van der Waals surface area contributed by atoms with Crippen LogP contribution in [0.25, 0.3) is 0 Å². The lowest BCUT2D eigenvalue weighted by Crippen LogP contribution is -2.47. The zero-order chi connectivity index (χ0) is 26.6. The van der Waals surface area contributed by atoms with Gasteiger partial charge in [-0.2, -0.15) is 0 Å². The largest absolute Gasteiger partial charge is 0.376 e. The maximum absolute atomic E-state index is 13.7. The van der Waals surface area contributed by atoms with Crippen molar-refractivity contribution in [2.45, 2.75) is 82.9 Å². The van der Waals surface area contributed by atoms with Gasteiger partial charge in [-0.25, -0.2) is 0 Å². The SMILES string of the molecule is Cc1ccc(C(=O)N2CC(N(CC3CCCO3)C(=O)C3CC3)CC2C(=O)NCC2CCCC(CN)C2)cc1. The van der Waals surface area contributed by atoms with Crippen molar-refractivity contribution in [3.63, 3.8) is 0 Å². The molecule has 0 aromatic heterocycles. The average molecular weight is 525 g/mol. The summed E-state index contributed by atoms with van der Waals surface area (Å²) in [6.07, 6.45) is 8.76. The molecular formula is C30H44N4O4. The molecule has 0 bridgehead atoms. The number of ether oxygens (including phenoxy) is 1. The van der Waals surface area contributed by atoms with Crippen molar-refractivity contribution >= 4 is 17.7 Å². The van der Waals surface area contributed by atoms with Gasteiger partial charge in [0.1, 0.15) is 6.04 Å². The summed E-state index contributed by atoms with van der Waals surface area (Å²) in [6.45, 7) is 4.95. The molecule has 2 heterocycles. The summed E-state index contributed by atoms with van der Waals surface area (Å²) >= 11 is 0. The highest BCUT2D eigenvalue weighted by Gasteiger charge is 2.46. The first-order valence-electron chi connectivity index (χ1n) is 14.7. The number of hydrogen-bond acceptors (Lipinski definition) is 5. The number of amides is 3. The first-order chi connectivity index (χ1) is 18.4. The second kappa shape index (κ2) is 12.2. The van der Waals surface area contributed by atoms with E-state index in [-0.39, 0.29) is 35.8 Å². The molecule has 1 aromatic rings. The van der Waals surface area contributed by atoms with Gasteiger partial charge in [-0.05, 0) is 88.8 Å². The Morgan fingerprint density at radius 3 is 2.47 bits per heavy atom. The molecule has 5 atom stereocenters. The van der Waals surface area contributed by atoms with E-state index in [4.69, 9.17) is 10.5 Å². The van der Waals surface area contributed by atoms with Crippen LogP contribution in [0.5, 0.6) is 0 Å². The van der Waals surface area contributed by atoms with E-state index in [1.165, 1.54) is 6.42 Å². The minimum Gasteiger partial charge on any atom is -0.376 e. The second-order valence-corrected chi connectivity index (χ2v) is 12.0. The second-order valence-electron chi connectivity index (χ2n) is 12.0. The molecule has 3 amide bonds. The van der Waals surface area contributed by atoms with E-state index in [1.807, 2.05) is 36.1 Å². The van der Waals surface area contributed by atoms with Gasteiger partial charge in [0.2, 0.25) is 11.8 Å². The molecule has 2 aliphatic carbocycles. The van der Waals surface area contributed by atoms with E-state index < -0.39 is 6.04 Å². The third kappa shape index (κ3) is 6.40. The molecule has 8 heteroatoms. The summed E-state index contributed by atoms with van der Waals surface area (Å²) < 4.78 is 5.88. The van der Waals surface area contributed by atoms with E-state index in [2.05, 4.69) is 5.32 Å². The molecule has 4 fully saturated rings. The zero-order valence-corrected chi connectivity index (χ0v) is 22.8. The molecule has 5 rings (SSSR count). The standard InChI is InChI=1S/C30H44N4O4/c1-20-7-9-23(10-8-20)30(37)34-18-25(33(29(36)24-11-12-24)19-26-6-3-13-38-26)15-27(34)28(35)32-17-22-5-2-4-21(14-22)16-31/h7-10,21-22,24-27H,2-6,11-19,31H2,1H3,(H,32,35). The highest BCUT2D eigenvalue weighted by atomic mass is 16.5. The highest BCUT2D eigenvalue weighted by molar-refractivity contribution is 5.98. The third-order valence-corrected chi connectivity index (χ3v) is 9.01. The predicted octanol–water partition coefficient (Wildman–Crippen LogP) is 2.88. The van der Waals surface area contributed by atoms with Crippen molar-refractivity contribution in [1.82, 2.24) is 15.1 Å². The molecule has 208 valence electrons. The van der Waals surface area contributed by atoms with Gasteiger partial charge >= 0.3 is 0 Å². The van der Waals surface area contributed by atoms with Crippen molar-refractivity contribution in [1.29, 1.82) is 0 Å². The first-order valence-corrected chi connectivity index (χ1v) is 14.7. The van der Waals surface area contributed by atoms with Crippen LogP contribution in [0, 0.1) is 24.7 Å². The van der Waals surface area contributed by atoms with E-state index >= 15 is 0 Å². The normalized spacial score (nSPS) is 29.3. The van der Waals surface area contributed by atoms with Crippen molar-refractivity contribution in [3.8, 4) is 0 Å². The fourth-order valence-electron chi connectivity index (χ4n) is 6.53. The Hall–Kier alpha value is -2.45. The van der Waals surface area contributed by atoms with Gasteiger partial charge in [-0.15, -0.1) is 0 Å². The Kier molecular flexibility index (Phi) is 8.68. The number of carbonyl (C=O) groups is 3. The van der Waals surface area contributed by atoms with Crippen molar-refractivity contribution in [2.75, 3.05) is 32.8 Å². The number of nitrogens with one attached hydrogen (secondary N) is 1. The van der Waals surface area contributed by atoms with Crippen LogP contribution in [0.15, 0.2) is 24.3 Å². The molecule has 4 aliphatic rings. The van der Waals surface area contributed by atoms with Gasteiger partial charge in [0.15, 0.2) is 0 Å². The Balaban J connectivity index is 1.32. The maximum Gasteiger partial charge on any atom is 0.254 e. The van der Waals surface area contributed by atoms with Crippen LogP contribution in [-0.2, 0) is 14.3 Å². The Bertz CT molecular complexity index is 988. The van der Waals surface area contributed by atoms with Gasteiger partial charge in [-0.3, -0.25) is 14.4 Å². The van der Waals surface area contributed by atoms with Crippen LogP contribution >= 0.6 is 0 Å². The summed E-state index contributed by atoms with van der Waals surface area (Å²) in [7, 11) is 0. The lowest BCUT2D eigenvalue weighted by molar-refractivity contribution is -0.136. The minimum absolute atomic E-state index is 0.0358. The van der Waals surface area contributed by atoms with Crippen molar-refractivity contribution in [2.24, 2.45) is 23.5 Å². The fraction of sp³-hybridized carbons (Fsp3) is 0.700. The lowest BCUT2D eigenvalue weighted by atomic mass is 9.81. The Morgan fingerprint density at radius 2 is 1.79 bits per heavy atom. The number of nitrogens with zero attached hydrogens (tertiary/aromatic N) is 2. The van der Waals surface area contributed by atoms with Crippen LogP contribution in [0.1, 0.15) is 73.7 Å². The highest BCUT2D eigenvalue weighted by Crippen LogP contribution is 2.35. The van der Waals surface area contributed by atoms with Gasteiger partial charge in [-0.1, -0.05) is 24.1 Å². The van der Waals surface area contributed by atoms with Crippen LogP contribution < -0.4 is 11.1 Å². The molecule has 2 aliphatic heterocycles. The van der Waals surface area contributed by atoms with Crippen molar-refractivity contribution in [3.05, 3.63) is 35.4 Å². The molecule has 0 spiro atoms. The van der Waals surface area contributed by atoms with Gasteiger partial charge in [0.05, 0.1) is 12.1 Å². The predicted molar refractivity (Wildman–Crippen MR) is 145 cm³/mol. The third-order valence-electron chi connectivity index (χ3n) is 9.01. The van der Waals surface area contributed by atoms with E-state index in [0.717, 1.165) is 57.1 Å². The van der Waals surface area contributed by atoms with Crippen LogP contribution in [0.2, 0.25) is 0 Å². The number of nitrogens with two attached hydrogens (primary N) is 1. The number of hydrogen-bond donors (Lipinski definition) is 2. The summed E-state index contributed by atoms with van der Waals surface area (Å²) in [5.41, 5.74) is 7.57. The number of aryl methyl sites for hydroxylation is 1. The molecule has 1 aromatic carbocycles. The fourth-order valence-corrected chi connectivity index (χ4v) is 6.53. The summed E-state index contributed by atoms with van der Waals surface area (Å²) in [5, 5.41) is 3.18. The van der Waals surface area contributed by atoms with E-state index in [0.29, 0.717) is 50.0 Å². The Labute approximate surface area is 226 Å². The molecule has 0 radical (unpaired) electrons. The van der Waals surface area contributed by atoms with Gasteiger partial charge < -0.3 is 25.6 Å². The average Bonchev–Trinajstić information content (AvgIpc) is 3.48. The molecule has 2 saturated heterocycles. The summed E-state index contributed by atoms with van der Waals surface area (Å²) in [5.74, 6) is 0.924. The minimum atomic E-state index is -0.596. The number of likely N-dealkylation sites (tertiary alicyclic amines) is 1. The maximum atomic E-state index is 13.7. The van der Waals surface area contributed by atoms with Crippen molar-refractivity contribution < 1.29 is 19.1 Å². The summed E-state index contributed by atoms with van der Waals surface area (Å²) in [4.78, 5) is 44.3. The van der Waals surface area contributed by atoms with Crippen LogP contribution in [-0.4, -0.2) is 78.5 Å². The smallest absolute Gasteiger partial charge is 0.254 e. The van der Waals surface area contributed by atoms with Crippen LogP contribution in [0.4, 0.5) is 0 Å². The van der Waals surface area contributed by atoms with E-state index in [9.17, 15) is 14.4 Å². The lowest BCUT2D eigenvalue weighted by Gasteiger charge is -2.31. The van der Waals surface area contributed by atoms with Crippen LogP contribution in [0.3, 0.4) is 0 Å². The molecule has 2 saturated carbocycles. The van der Waals surface area contributed by atoms with Gasteiger partial charge in [0, 0.05) is 37.7 Å². The monoisotopic (exact) mass is 524 g/mol.